The number of pyridine rings is 2. The number of para-hydroxylation sites is 1. The fraction of sp³-hybridized carbons (Fsp3) is 0.375. The van der Waals surface area contributed by atoms with Crippen LogP contribution in [-0.4, -0.2) is 46.5 Å². The Hall–Kier alpha value is -2.79. The lowest BCUT2D eigenvalue weighted by atomic mass is 10.0. The minimum Gasteiger partial charge on any atom is -0.350 e. The number of nitrogens with one attached hydrogen (secondary N) is 1. The molecule has 152 valence electrons. The van der Waals surface area contributed by atoms with Crippen molar-refractivity contribution in [1.82, 2.24) is 20.2 Å². The summed E-state index contributed by atoms with van der Waals surface area (Å²) in [5.41, 5.74) is 2.92. The van der Waals surface area contributed by atoms with E-state index in [4.69, 9.17) is 4.98 Å². The van der Waals surface area contributed by atoms with E-state index in [1.54, 1.807) is 6.20 Å². The van der Waals surface area contributed by atoms with Gasteiger partial charge in [-0.3, -0.25) is 9.78 Å². The number of rotatable bonds is 9. The summed E-state index contributed by atoms with van der Waals surface area (Å²) in [7, 11) is 0. The number of hydrogen-bond donors (Lipinski definition) is 1. The summed E-state index contributed by atoms with van der Waals surface area (Å²) in [4.78, 5) is 24.6. The Morgan fingerprint density at radius 3 is 2.55 bits per heavy atom. The van der Waals surface area contributed by atoms with E-state index in [1.807, 2.05) is 48.5 Å². The number of nitrogens with zero attached hydrogens (tertiary/aromatic N) is 3. The smallest absolute Gasteiger partial charge is 0.252 e. The fourth-order valence-corrected chi connectivity index (χ4v) is 3.54. The van der Waals surface area contributed by atoms with E-state index in [9.17, 15) is 4.79 Å². The van der Waals surface area contributed by atoms with Crippen molar-refractivity contribution in [3.63, 3.8) is 0 Å². The van der Waals surface area contributed by atoms with E-state index < -0.39 is 0 Å². The lowest BCUT2D eigenvalue weighted by molar-refractivity contribution is 0.0939. The lowest BCUT2D eigenvalue weighted by Gasteiger charge is -2.20. The third kappa shape index (κ3) is 5.39. The Morgan fingerprint density at radius 1 is 1.07 bits per heavy atom. The van der Waals surface area contributed by atoms with Crippen LogP contribution in [0, 0.1) is 0 Å². The number of carbonyl (C=O) groups is 1. The average Bonchev–Trinajstić information content (AvgIpc) is 2.76. The molecule has 0 radical (unpaired) electrons. The van der Waals surface area contributed by atoms with Crippen LogP contribution in [0.15, 0.2) is 54.7 Å². The van der Waals surface area contributed by atoms with Gasteiger partial charge in [0.2, 0.25) is 0 Å². The maximum atomic E-state index is 13.1. The van der Waals surface area contributed by atoms with Gasteiger partial charge in [0.05, 0.1) is 22.5 Å². The molecule has 1 aromatic carbocycles. The average molecular weight is 391 g/mol. The van der Waals surface area contributed by atoms with Gasteiger partial charge in [0, 0.05) is 17.6 Å². The molecule has 3 rings (SSSR count). The lowest BCUT2D eigenvalue weighted by Crippen LogP contribution is -2.33. The zero-order chi connectivity index (χ0) is 20.6. The third-order valence-corrected chi connectivity index (χ3v) is 5.27. The zero-order valence-corrected chi connectivity index (χ0v) is 17.6. The highest BCUT2D eigenvalue weighted by atomic mass is 16.1. The molecule has 0 fully saturated rings. The van der Waals surface area contributed by atoms with E-state index in [1.165, 1.54) is 0 Å². The molecule has 1 amide bonds. The number of carbonyl (C=O) groups excluding carboxylic acids is 1. The number of hydrogen-bond acceptors (Lipinski definition) is 4. The normalized spacial score (nSPS) is 12.3. The summed E-state index contributed by atoms with van der Waals surface area (Å²) in [6.45, 7) is 9.64. The number of aromatic nitrogens is 2. The van der Waals surface area contributed by atoms with E-state index in [0.29, 0.717) is 11.3 Å². The molecule has 3 aromatic rings. The molecule has 0 spiro atoms. The molecule has 29 heavy (non-hydrogen) atoms. The third-order valence-electron chi connectivity index (χ3n) is 5.27. The van der Waals surface area contributed by atoms with Gasteiger partial charge in [0.15, 0.2) is 0 Å². The molecular formula is C24H30N4O. The van der Waals surface area contributed by atoms with Crippen molar-refractivity contribution in [3.05, 3.63) is 60.3 Å². The van der Waals surface area contributed by atoms with Crippen LogP contribution < -0.4 is 5.32 Å². The van der Waals surface area contributed by atoms with Crippen molar-refractivity contribution in [3.8, 4) is 11.4 Å². The quantitative estimate of drug-likeness (QED) is 0.583. The molecule has 0 aliphatic rings. The molecule has 0 aliphatic carbocycles. The molecule has 0 aliphatic heterocycles. The van der Waals surface area contributed by atoms with Crippen LogP contribution in [0.2, 0.25) is 0 Å². The van der Waals surface area contributed by atoms with Crippen molar-refractivity contribution >= 4 is 16.8 Å². The topological polar surface area (TPSA) is 58.1 Å². The van der Waals surface area contributed by atoms with Gasteiger partial charge in [-0.25, -0.2) is 4.98 Å². The molecule has 2 heterocycles. The standard InChI is InChI=1S/C24H30N4O/c1-4-28(5-2)16-10-11-18(3)26-24(29)20-17-23(22-14-8-9-15-25-22)27-21-13-7-6-12-19(20)21/h6-9,12-15,17-18H,4-5,10-11,16H2,1-3H3,(H,26,29). The van der Waals surface area contributed by atoms with E-state index in [-0.39, 0.29) is 11.9 Å². The highest BCUT2D eigenvalue weighted by molar-refractivity contribution is 6.07. The predicted molar refractivity (Wildman–Crippen MR) is 119 cm³/mol. The first-order valence-corrected chi connectivity index (χ1v) is 10.5. The Morgan fingerprint density at radius 2 is 1.83 bits per heavy atom. The van der Waals surface area contributed by atoms with Crippen molar-refractivity contribution in [2.45, 2.75) is 39.7 Å². The summed E-state index contributed by atoms with van der Waals surface area (Å²) in [5, 5.41) is 4.03. The minimum absolute atomic E-state index is 0.0591. The van der Waals surface area contributed by atoms with Crippen LogP contribution >= 0.6 is 0 Å². The molecule has 1 unspecified atom stereocenters. The Bertz CT molecular complexity index is 938. The molecule has 0 saturated heterocycles. The summed E-state index contributed by atoms with van der Waals surface area (Å²) in [5.74, 6) is -0.0591. The van der Waals surface area contributed by atoms with Gasteiger partial charge < -0.3 is 10.2 Å². The molecular weight excluding hydrogens is 360 g/mol. The second kappa shape index (κ2) is 10.1. The van der Waals surface area contributed by atoms with Crippen molar-refractivity contribution < 1.29 is 4.79 Å². The first-order chi connectivity index (χ1) is 14.1. The van der Waals surface area contributed by atoms with Crippen LogP contribution in [-0.2, 0) is 0 Å². The maximum Gasteiger partial charge on any atom is 0.252 e. The van der Waals surface area contributed by atoms with Crippen molar-refractivity contribution in [2.75, 3.05) is 19.6 Å². The van der Waals surface area contributed by atoms with E-state index in [0.717, 1.165) is 49.1 Å². The van der Waals surface area contributed by atoms with Crippen molar-refractivity contribution in [2.24, 2.45) is 0 Å². The molecule has 0 bridgehead atoms. The summed E-state index contributed by atoms with van der Waals surface area (Å²) < 4.78 is 0. The predicted octanol–water partition coefficient (Wildman–Crippen LogP) is 4.54. The summed E-state index contributed by atoms with van der Waals surface area (Å²) in [6, 6.07) is 15.4. The Labute approximate surface area is 173 Å². The largest absolute Gasteiger partial charge is 0.350 e. The zero-order valence-electron chi connectivity index (χ0n) is 17.6. The van der Waals surface area contributed by atoms with Crippen LogP contribution in [0.25, 0.3) is 22.3 Å². The SMILES string of the molecule is CCN(CC)CCCC(C)NC(=O)c1cc(-c2ccccn2)nc2ccccc12. The maximum absolute atomic E-state index is 13.1. The highest BCUT2D eigenvalue weighted by Gasteiger charge is 2.16. The van der Waals surface area contributed by atoms with Gasteiger partial charge >= 0.3 is 0 Å². The van der Waals surface area contributed by atoms with Gasteiger partial charge in [0.25, 0.3) is 5.91 Å². The van der Waals surface area contributed by atoms with Crippen LogP contribution in [0.5, 0.6) is 0 Å². The van der Waals surface area contributed by atoms with Gasteiger partial charge in [-0.2, -0.15) is 0 Å². The Balaban J connectivity index is 1.78. The van der Waals surface area contributed by atoms with Crippen LogP contribution in [0.1, 0.15) is 44.0 Å². The molecule has 0 saturated carbocycles. The molecule has 5 nitrogen and oxygen atoms in total. The monoisotopic (exact) mass is 390 g/mol. The molecule has 2 aromatic heterocycles. The first kappa shape index (κ1) is 20.9. The fourth-order valence-electron chi connectivity index (χ4n) is 3.54. The molecule has 1 atom stereocenters. The van der Waals surface area contributed by atoms with Crippen molar-refractivity contribution in [1.29, 1.82) is 0 Å². The Kier molecular flexibility index (Phi) is 7.30. The minimum atomic E-state index is -0.0591. The van der Waals surface area contributed by atoms with Crippen LogP contribution in [0.4, 0.5) is 0 Å². The molecule has 1 N–H and O–H groups in total. The van der Waals surface area contributed by atoms with E-state index >= 15 is 0 Å². The summed E-state index contributed by atoms with van der Waals surface area (Å²) in [6.07, 6.45) is 3.77. The second-order valence-electron chi connectivity index (χ2n) is 7.33. The second-order valence-corrected chi connectivity index (χ2v) is 7.33. The number of amides is 1. The van der Waals surface area contributed by atoms with Gasteiger partial charge in [0.1, 0.15) is 0 Å². The summed E-state index contributed by atoms with van der Waals surface area (Å²) >= 11 is 0. The first-order valence-electron chi connectivity index (χ1n) is 10.5. The number of fused-ring (bicyclic) bond motifs is 1. The van der Waals surface area contributed by atoms with Gasteiger partial charge in [-0.1, -0.05) is 38.1 Å². The molecule has 5 heteroatoms. The van der Waals surface area contributed by atoms with Crippen LogP contribution in [0.3, 0.4) is 0 Å². The van der Waals surface area contributed by atoms with Gasteiger partial charge in [-0.15, -0.1) is 0 Å². The van der Waals surface area contributed by atoms with E-state index in [2.05, 4.69) is 36.0 Å². The highest BCUT2D eigenvalue weighted by Crippen LogP contribution is 2.23. The van der Waals surface area contributed by atoms with Gasteiger partial charge in [-0.05, 0) is 63.7 Å². The number of benzene rings is 1.